The van der Waals surface area contributed by atoms with Gasteiger partial charge in [-0.15, -0.1) is 0 Å². The Kier molecular flexibility index (Phi) is 6.04. The first-order chi connectivity index (χ1) is 10.2. The molecule has 1 aliphatic rings. The van der Waals surface area contributed by atoms with Gasteiger partial charge in [0.15, 0.2) is 5.82 Å². The number of anilines is 2. The highest BCUT2D eigenvalue weighted by molar-refractivity contribution is 5.66. The number of likely N-dealkylation sites (tertiary alicyclic amines) is 1. The lowest BCUT2D eigenvalue weighted by atomic mass is 10.3. The number of aromatic nitrogens is 2. The molecule has 0 unspecified atom stereocenters. The normalized spacial score (nSPS) is 15.3. The van der Waals surface area contributed by atoms with Crippen molar-refractivity contribution in [1.82, 2.24) is 14.9 Å². The zero-order valence-electron chi connectivity index (χ0n) is 13.2. The summed E-state index contributed by atoms with van der Waals surface area (Å²) in [6.45, 7) is 6.63. The summed E-state index contributed by atoms with van der Waals surface area (Å²) in [5, 5.41) is 3.31. The first kappa shape index (κ1) is 15.8. The predicted molar refractivity (Wildman–Crippen MR) is 85.8 cm³/mol. The Bertz CT molecular complexity index is 446. The second kappa shape index (κ2) is 8.02. The van der Waals surface area contributed by atoms with Crippen molar-refractivity contribution >= 4 is 11.5 Å². The maximum atomic E-state index is 6.01. The largest absolute Gasteiger partial charge is 0.479 e. The quantitative estimate of drug-likeness (QED) is 0.713. The van der Waals surface area contributed by atoms with Gasteiger partial charge in [-0.3, -0.25) is 0 Å². The van der Waals surface area contributed by atoms with Gasteiger partial charge in [-0.2, -0.15) is 4.98 Å². The Hall–Kier alpha value is -1.56. The molecule has 0 atom stereocenters. The van der Waals surface area contributed by atoms with Crippen LogP contribution >= 0.6 is 0 Å². The SMILES string of the molecule is CCc1nc(NCCCCN2CCCC2)c(N)c(OC)n1. The number of unbranched alkanes of at least 4 members (excludes halogenated alkanes) is 1. The summed E-state index contributed by atoms with van der Waals surface area (Å²) in [5.74, 6) is 1.90. The highest BCUT2D eigenvalue weighted by Gasteiger charge is 2.12. The van der Waals surface area contributed by atoms with Gasteiger partial charge in [-0.25, -0.2) is 4.98 Å². The molecule has 6 nitrogen and oxygen atoms in total. The van der Waals surface area contributed by atoms with Crippen LogP contribution in [0.3, 0.4) is 0 Å². The van der Waals surface area contributed by atoms with Gasteiger partial charge in [0.25, 0.3) is 0 Å². The van der Waals surface area contributed by atoms with Crippen LogP contribution in [0.15, 0.2) is 0 Å². The third kappa shape index (κ3) is 4.46. The summed E-state index contributed by atoms with van der Waals surface area (Å²) in [6.07, 6.45) is 5.80. The van der Waals surface area contributed by atoms with E-state index in [1.165, 1.54) is 38.9 Å². The van der Waals surface area contributed by atoms with E-state index in [2.05, 4.69) is 20.2 Å². The van der Waals surface area contributed by atoms with Crippen molar-refractivity contribution in [2.75, 3.05) is 44.3 Å². The van der Waals surface area contributed by atoms with Gasteiger partial charge < -0.3 is 20.7 Å². The smallest absolute Gasteiger partial charge is 0.242 e. The summed E-state index contributed by atoms with van der Waals surface area (Å²) in [6, 6.07) is 0. The average molecular weight is 293 g/mol. The monoisotopic (exact) mass is 293 g/mol. The third-order valence-corrected chi connectivity index (χ3v) is 3.86. The van der Waals surface area contributed by atoms with Crippen molar-refractivity contribution < 1.29 is 4.74 Å². The van der Waals surface area contributed by atoms with Gasteiger partial charge >= 0.3 is 0 Å². The number of methoxy groups -OCH3 is 1. The molecule has 6 heteroatoms. The Balaban J connectivity index is 1.79. The predicted octanol–water partition coefficient (Wildman–Crippen LogP) is 1.92. The van der Waals surface area contributed by atoms with Crippen LogP contribution in [0.25, 0.3) is 0 Å². The van der Waals surface area contributed by atoms with E-state index in [0.717, 1.165) is 25.2 Å². The highest BCUT2D eigenvalue weighted by Crippen LogP contribution is 2.25. The van der Waals surface area contributed by atoms with E-state index in [9.17, 15) is 0 Å². The number of nitrogens with two attached hydrogens (primary N) is 1. The first-order valence-corrected chi connectivity index (χ1v) is 7.91. The molecule has 1 aliphatic heterocycles. The molecule has 21 heavy (non-hydrogen) atoms. The van der Waals surface area contributed by atoms with Gasteiger partial charge in [0, 0.05) is 13.0 Å². The number of nitrogen functional groups attached to an aromatic ring is 1. The number of hydrogen-bond donors (Lipinski definition) is 2. The Morgan fingerprint density at radius 2 is 2.00 bits per heavy atom. The number of nitrogens with zero attached hydrogens (tertiary/aromatic N) is 3. The summed E-state index contributed by atoms with van der Waals surface area (Å²) in [7, 11) is 1.58. The fraction of sp³-hybridized carbons (Fsp3) is 0.733. The summed E-state index contributed by atoms with van der Waals surface area (Å²) < 4.78 is 5.20. The summed E-state index contributed by atoms with van der Waals surface area (Å²) in [4.78, 5) is 11.2. The molecule has 1 aromatic heterocycles. The Labute approximate surface area is 127 Å². The molecule has 0 spiro atoms. The number of ether oxygens (including phenoxy) is 1. The topological polar surface area (TPSA) is 76.3 Å². The van der Waals surface area contributed by atoms with Crippen molar-refractivity contribution in [2.45, 2.75) is 39.0 Å². The molecular weight excluding hydrogens is 266 g/mol. The van der Waals surface area contributed by atoms with Crippen molar-refractivity contribution in [3.63, 3.8) is 0 Å². The number of hydrogen-bond acceptors (Lipinski definition) is 6. The van der Waals surface area contributed by atoms with Crippen LogP contribution in [0.2, 0.25) is 0 Å². The molecule has 2 rings (SSSR count). The fourth-order valence-corrected chi connectivity index (χ4v) is 2.61. The molecule has 118 valence electrons. The van der Waals surface area contributed by atoms with Crippen molar-refractivity contribution in [2.24, 2.45) is 0 Å². The Morgan fingerprint density at radius 1 is 1.24 bits per heavy atom. The van der Waals surface area contributed by atoms with Gasteiger partial charge in [0.2, 0.25) is 5.88 Å². The fourth-order valence-electron chi connectivity index (χ4n) is 2.61. The van der Waals surface area contributed by atoms with Crippen LogP contribution in [0, 0.1) is 0 Å². The molecule has 2 heterocycles. The van der Waals surface area contributed by atoms with Crippen LogP contribution in [-0.2, 0) is 6.42 Å². The molecule has 0 bridgehead atoms. The molecule has 1 fully saturated rings. The standard InChI is InChI=1S/C15H27N5O/c1-3-12-18-14(13(16)15(19-12)21-2)17-8-4-5-9-20-10-6-7-11-20/h3-11,16H2,1-2H3,(H,17,18,19). The van der Waals surface area contributed by atoms with Crippen molar-refractivity contribution in [1.29, 1.82) is 0 Å². The minimum atomic E-state index is 0.460. The second-order valence-electron chi connectivity index (χ2n) is 5.45. The second-order valence-corrected chi connectivity index (χ2v) is 5.45. The van der Waals surface area contributed by atoms with E-state index >= 15 is 0 Å². The first-order valence-electron chi connectivity index (χ1n) is 7.91. The van der Waals surface area contributed by atoms with Gasteiger partial charge in [-0.05, 0) is 45.3 Å². The summed E-state index contributed by atoms with van der Waals surface area (Å²) in [5.41, 5.74) is 6.51. The minimum absolute atomic E-state index is 0.460. The molecule has 0 aromatic carbocycles. The van der Waals surface area contributed by atoms with Gasteiger partial charge in [0.1, 0.15) is 11.5 Å². The highest BCUT2D eigenvalue weighted by atomic mass is 16.5. The maximum absolute atomic E-state index is 6.01. The zero-order valence-corrected chi connectivity index (χ0v) is 13.2. The molecular formula is C15H27N5O. The van der Waals surface area contributed by atoms with Crippen molar-refractivity contribution in [3.05, 3.63) is 5.82 Å². The lowest BCUT2D eigenvalue weighted by molar-refractivity contribution is 0.331. The maximum Gasteiger partial charge on any atom is 0.242 e. The Morgan fingerprint density at radius 3 is 2.67 bits per heavy atom. The van der Waals surface area contributed by atoms with Crippen LogP contribution in [0.1, 0.15) is 38.4 Å². The van der Waals surface area contributed by atoms with E-state index in [4.69, 9.17) is 10.5 Å². The zero-order chi connectivity index (χ0) is 15.1. The van der Waals surface area contributed by atoms with Crippen LogP contribution in [-0.4, -0.2) is 48.2 Å². The van der Waals surface area contributed by atoms with Crippen LogP contribution in [0.5, 0.6) is 5.88 Å². The lowest BCUT2D eigenvalue weighted by Gasteiger charge is -2.15. The number of aryl methyl sites for hydroxylation is 1. The van der Waals surface area contributed by atoms with Crippen LogP contribution < -0.4 is 15.8 Å². The molecule has 0 saturated carbocycles. The molecule has 3 N–H and O–H groups in total. The van der Waals surface area contributed by atoms with Gasteiger partial charge in [-0.1, -0.05) is 6.92 Å². The lowest BCUT2D eigenvalue weighted by Crippen LogP contribution is -2.21. The van der Waals surface area contributed by atoms with Gasteiger partial charge in [0.05, 0.1) is 7.11 Å². The van der Waals surface area contributed by atoms with E-state index < -0.39 is 0 Å². The van der Waals surface area contributed by atoms with E-state index in [0.29, 0.717) is 17.4 Å². The van der Waals surface area contributed by atoms with E-state index in [1.807, 2.05) is 6.92 Å². The molecule has 0 aliphatic carbocycles. The third-order valence-electron chi connectivity index (χ3n) is 3.86. The molecule has 0 radical (unpaired) electrons. The summed E-state index contributed by atoms with van der Waals surface area (Å²) >= 11 is 0. The molecule has 1 aromatic rings. The molecule has 1 saturated heterocycles. The number of rotatable bonds is 8. The van der Waals surface area contributed by atoms with E-state index in [1.54, 1.807) is 7.11 Å². The molecule has 0 amide bonds. The van der Waals surface area contributed by atoms with Crippen molar-refractivity contribution in [3.8, 4) is 5.88 Å². The average Bonchev–Trinajstić information content (AvgIpc) is 3.01. The van der Waals surface area contributed by atoms with E-state index in [-0.39, 0.29) is 0 Å². The van der Waals surface area contributed by atoms with Crippen LogP contribution in [0.4, 0.5) is 11.5 Å². The number of nitrogens with one attached hydrogen (secondary N) is 1. The minimum Gasteiger partial charge on any atom is -0.479 e.